The Morgan fingerprint density at radius 3 is 2.69 bits per heavy atom. The molecule has 0 saturated heterocycles. The van der Waals surface area contributed by atoms with Crippen molar-refractivity contribution in [3.63, 3.8) is 0 Å². The standard InChI is InChI=1S/C11H15FO/c1-8-7-11(12)6-5-10(8)4-3-9(2)13/h5-7,9,13H,3-4H2,1-2H3/t9-/m0/s1. The van der Waals surface area contributed by atoms with Gasteiger partial charge in [0.2, 0.25) is 0 Å². The number of rotatable bonds is 3. The average Bonchev–Trinajstić information content (AvgIpc) is 2.02. The van der Waals surface area contributed by atoms with E-state index in [9.17, 15) is 4.39 Å². The molecule has 1 atom stereocenters. The highest BCUT2D eigenvalue weighted by Gasteiger charge is 2.01. The highest BCUT2D eigenvalue weighted by Crippen LogP contribution is 2.12. The molecular weight excluding hydrogens is 167 g/mol. The Hall–Kier alpha value is -0.890. The normalized spacial score (nSPS) is 12.9. The van der Waals surface area contributed by atoms with Crippen LogP contribution in [0.3, 0.4) is 0 Å². The van der Waals surface area contributed by atoms with E-state index in [1.807, 2.05) is 6.92 Å². The van der Waals surface area contributed by atoms with Crippen molar-refractivity contribution in [1.29, 1.82) is 0 Å². The Balaban J connectivity index is 2.67. The summed E-state index contributed by atoms with van der Waals surface area (Å²) in [7, 11) is 0. The van der Waals surface area contributed by atoms with Gasteiger partial charge in [0, 0.05) is 0 Å². The molecule has 1 aromatic rings. The first-order chi connectivity index (χ1) is 6.09. The summed E-state index contributed by atoms with van der Waals surface area (Å²) in [6.45, 7) is 3.65. The Labute approximate surface area is 78.2 Å². The van der Waals surface area contributed by atoms with Crippen LogP contribution in [0.1, 0.15) is 24.5 Å². The van der Waals surface area contributed by atoms with E-state index in [0.717, 1.165) is 24.0 Å². The molecule has 0 bridgehead atoms. The first kappa shape index (κ1) is 10.2. The molecule has 1 N–H and O–H groups in total. The first-order valence-corrected chi connectivity index (χ1v) is 4.52. The van der Waals surface area contributed by atoms with Gasteiger partial charge < -0.3 is 5.11 Å². The predicted octanol–water partition coefficient (Wildman–Crippen LogP) is 2.45. The Kier molecular flexibility index (Phi) is 3.43. The van der Waals surface area contributed by atoms with E-state index in [4.69, 9.17) is 5.11 Å². The molecule has 0 heterocycles. The minimum Gasteiger partial charge on any atom is -0.393 e. The molecule has 0 amide bonds. The van der Waals surface area contributed by atoms with Crippen molar-refractivity contribution in [2.24, 2.45) is 0 Å². The van der Waals surface area contributed by atoms with Gasteiger partial charge in [0.25, 0.3) is 0 Å². The SMILES string of the molecule is Cc1cc(F)ccc1CC[C@H](C)O. The third kappa shape index (κ3) is 3.15. The molecule has 0 aliphatic carbocycles. The molecule has 1 rings (SSSR count). The van der Waals surface area contributed by atoms with Crippen LogP contribution in [0.2, 0.25) is 0 Å². The van der Waals surface area contributed by atoms with Crippen LogP contribution in [0.5, 0.6) is 0 Å². The van der Waals surface area contributed by atoms with Gasteiger partial charge in [0.15, 0.2) is 0 Å². The van der Waals surface area contributed by atoms with Crippen molar-refractivity contribution in [3.05, 3.63) is 35.1 Å². The van der Waals surface area contributed by atoms with Crippen molar-refractivity contribution >= 4 is 0 Å². The van der Waals surface area contributed by atoms with E-state index in [-0.39, 0.29) is 11.9 Å². The van der Waals surface area contributed by atoms with Crippen LogP contribution in [0.15, 0.2) is 18.2 Å². The van der Waals surface area contributed by atoms with Gasteiger partial charge in [-0.3, -0.25) is 0 Å². The maximum Gasteiger partial charge on any atom is 0.123 e. The third-order valence-electron chi connectivity index (χ3n) is 2.14. The Morgan fingerprint density at radius 1 is 1.46 bits per heavy atom. The zero-order chi connectivity index (χ0) is 9.84. The van der Waals surface area contributed by atoms with Crippen LogP contribution in [-0.2, 0) is 6.42 Å². The summed E-state index contributed by atoms with van der Waals surface area (Å²) < 4.78 is 12.7. The second kappa shape index (κ2) is 4.38. The van der Waals surface area contributed by atoms with Crippen molar-refractivity contribution in [1.82, 2.24) is 0 Å². The minimum absolute atomic E-state index is 0.196. The van der Waals surface area contributed by atoms with Gasteiger partial charge in [-0.15, -0.1) is 0 Å². The largest absolute Gasteiger partial charge is 0.393 e. The maximum absolute atomic E-state index is 12.7. The average molecular weight is 182 g/mol. The molecule has 0 unspecified atom stereocenters. The fourth-order valence-electron chi connectivity index (χ4n) is 1.30. The molecule has 72 valence electrons. The molecule has 0 saturated carbocycles. The number of aryl methyl sites for hydroxylation is 2. The van der Waals surface area contributed by atoms with Gasteiger partial charge in [-0.05, 0) is 49.9 Å². The van der Waals surface area contributed by atoms with Gasteiger partial charge in [-0.25, -0.2) is 4.39 Å². The van der Waals surface area contributed by atoms with Gasteiger partial charge >= 0.3 is 0 Å². The van der Waals surface area contributed by atoms with E-state index in [1.54, 1.807) is 13.0 Å². The molecule has 1 aromatic carbocycles. The second-order valence-electron chi connectivity index (χ2n) is 3.46. The summed E-state index contributed by atoms with van der Waals surface area (Å²) in [4.78, 5) is 0. The van der Waals surface area contributed by atoms with Crippen molar-refractivity contribution in [2.45, 2.75) is 32.8 Å². The molecule has 13 heavy (non-hydrogen) atoms. The third-order valence-corrected chi connectivity index (χ3v) is 2.14. The quantitative estimate of drug-likeness (QED) is 0.761. The number of aliphatic hydroxyl groups is 1. The minimum atomic E-state index is -0.288. The van der Waals surface area contributed by atoms with Crippen LogP contribution in [0.4, 0.5) is 4.39 Å². The van der Waals surface area contributed by atoms with Crippen LogP contribution in [0.25, 0.3) is 0 Å². The molecule has 0 aliphatic heterocycles. The van der Waals surface area contributed by atoms with Crippen molar-refractivity contribution in [2.75, 3.05) is 0 Å². The molecule has 2 heteroatoms. The van der Waals surface area contributed by atoms with E-state index in [0.29, 0.717) is 0 Å². The molecular formula is C11H15FO. The highest BCUT2D eigenvalue weighted by atomic mass is 19.1. The fraction of sp³-hybridized carbons (Fsp3) is 0.455. The number of aliphatic hydroxyl groups excluding tert-OH is 1. The van der Waals surface area contributed by atoms with E-state index in [1.165, 1.54) is 12.1 Å². The summed E-state index contributed by atoms with van der Waals surface area (Å²) in [6, 6.07) is 4.77. The van der Waals surface area contributed by atoms with Crippen LogP contribution >= 0.6 is 0 Å². The zero-order valence-electron chi connectivity index (χ0n) is 8.05. The van der Waals surface area contributed by atoms with Crippen LogP contribution < -0.4 is 0 Å². The van der Waals surface area contributed by atoms with Gasteiger partial charge in [-0.2, -0.15) is 0 Å². The maximum atomic E-state index is 12.7. The lowest BCUT2D eigenvalue weighted by atomic mass is 10.0. The molecule has 1 nitrogen and oxygen atoms in total. The zero-order valence-corrected chi connectivity index (χ0v) is 8.05. The first-order valence-electron chi connectivity index (χ1n) is 4.52. The van der Waals surface area contributed by atoms with Crippen LogP contribution in [0, 0.1) is 12.7 Å². The molecule has 0 radical (unpaired) electrons. The monoisotopic (exact) mass is 182 g/mol. The van der Waals surface area contributed by atoms with E-state index < -0.39 is 0 Å². The van der Waals surface area contributed by atoms with Crippen LogP contribution in [-0.4, -0.2) is 11.2 Å². The second-order valence-corrected chi connectivity index (χ2v) is 3.46. The number of hydrogen-bond acceptors (Lipinski definition) is 1. The van der Waals surface area contributed by atoms with E-state index >= 15 is 0 Å². The van der Waals surface area contributed by atoms with Gasteiger partial charge in [-0.1, -0.05) is 6.07 Å². The highest BCUT2D eigenvalue weighted by molar-refractivity contribution is 5.26. The molecule has 0 aromatic heterocycles. The Bertz CT molecular complexity index is 281. The lowest BCUT2D eigenvalue weighted by Crippen LogP contribution is -2.02. The topological polar surface area (TPSA) is 20.2 Å². The molecule has 0 aliphatic rings. The smallest absolute Gasteiger partial charge is 0.123 e. The van der Waals surface area contributed by atoms with Gasteiger partial charge in [0.1, 0.15) is 5.82 Å². The van der Waals surface area contributed by atoms with Crippen molar-refractivity contribution in [3.8, 4) is 0 Å². The summed E-state index contributed by atoms with van der Waals surface area (Å²) in [5.41, 5.74) is 2.07. The molecule has 0 spiro atoms. The lowest BCUT2D eigenvalue weighted by molar-refractivity contribution is 0.185. The van der Waals surface area contributed by atoms with Crippen molar-refractivity contribution < 1.29 is 9.50 Å². The Morgan fingerprint density at radius 2 is 2.15 bits per heavy atom. The summed E-state index contributed by atoms with van der Waals surface area (Å²) >= 11 is 0. The number of halogens is 1. The predicted molar refractivity (Wildman–Crippen MR) is 51.1 cm³/mol. The molecule has 0 fully saturated rings. The number of benzene rings is 1. The lowest BCUT2D eigenvalue weighted by Gasteiger charge is -2.07. The summed E-state index contributed by atoms with van der Waals surface area (Å²) in [5.74, 6) is -0.196. The number of hydrogen-bond donors (Lipinski definition) is 1. The summed E-state index contributed by atoms with van der Waals surface area (Å²) in [5, 5.41) is 9.09. The summed E-state index contributed by atoms with van der Waals surface area (Å²) in [6.07, 6.45) is 1.25. The van der Waals surface area contributed by atoms with E-state index in [2.05, 4.69) is 0 Å². The van der Waals surface area contributed by atoms with Gasteiger partial charge in [0.05, 0.1) is 6.10 Å². The fourth-order valence-corrected chi connectivity index (χ4v) is 1.30.